The van der Waals surface area contributed by atoms with Crippen LogP contribution in [-0.2, 0) is 6.42 Å². The Morgan fingerprint density at radius 1 is 0.895 bits per heavy atom. The monoisotopic (exact) mass is 328 g/mol. The molecule has 0 aliphatic heterocycles. The zero-order chi connectivity index (χ0) is 13.9. The number of ether oxygens (including phenoxy) is 2. The molecule has 0 N–H and O–H groups in total. The summed E-state index contributed by atoms with van der Waals surface area (Å²) in [6.07, 6.45) is 5.49. The number of halogens is 1. The molecule has 0 fully saturated rings. The van der Waals surface area contributed by atoms with Crippen LogP contribution < -0.4 is 9.47 Å². The van der Waals surface area contributed by atoms with Gasteiger partial charge in [-0.15, -0.1) is 0 Å². The Hall–Kier alpha value is -0.700. The van der Waals surface area contributed by atoms with Crippen LogP contribution in [-0.4, -0.2) is 18.5 Å². The van der Waals surface area contributed by atoms with Crippen LogP contribution in [0, 0.1) is 0 Å². The molecule has 0 aliphatic carbocycles. The third-order valence-corrected chi connectivity index (χ3v) is 3.25. The Balaban J connectivity index is 2.66. The zero-order valence-electron chi connectivity index (χ0n) is 12.1. The smallest absolute Gasteiger partial charge is 0.123 e. The van der Waals surface area contributed by atoms with Gasteiger partial charge in [0.15, 0.2) is 0 Å². The van der Waals surface area contributed by atoms with E-state index in [2.05, 4.69) is 41.9 Å². The molecular weight excluding hydrogens is 304 g/mol. The molecule has 108 valence electrons. The molecule has 0 saturated heterocycles. The highest BCUT2D eigenvalue weighted by Gasteiger charge is 2.03. The van der Waals surface area contributed by atoms with E-state index in [9.17, 15) is 0 Å². The highest BCUT2D eigenvalue weighted by Crippen LogP contribution is 2.24. The molecule has 0 heterocycles. The lowest BCUT2D eigenvalue weighted by Gasteiger charge is -2.12. The van der Waals surface area contributed by atoms with Crippen LogP contribution in [0.4, 0.5) is 0 Å². The van der Waals surface area contributed by atoms with E-state index >= 15 is 0 Å². The fourth-order valence-corrected chi connectivity index (χ4v) is 2.18. The molecule has 0 radical (unpaired) electrons. The maximum atomic E-state index is 5.79. The molecule has 0 saturated carbocycles. The second-order valence-corrected chi connectivity index (χ2v) is 5.45. The summed E-state index contributed by atoms with van der Waals surface area (Å²) in [4.78, 5) is 0. The molecule has 0 atom stereocenters. The molecule has 0 unspecified atom stereocenters. The van der Waals surface area contributed by atoms with E-state index in [1.807, 2.05) is 6.07 Å². The quantitative estimate of drug-likeness (QED) is 0.445. The van der Waals surface area contributed by atoms with Gasteiger partial charge in [-0.3, -0.25) is 0 Å². The lowest BCUT2D eigenvalue weighted by atomic mass is 10.1. The summed E-state index contributed by atoms with van der Waals surface area (Å²) in [6.45, 7) is 5.90. The normalized spacial score (nSPS) is 10.5. The Morgan fingerprint density at radius 2 is 1.42 bits per heavy atom. The van der Waals surface area contributed by atoms with E-state index < -0.39 is 0 Å². The van der Waals surface area contributed by atoms with Crippen LogP contribution in [0.2, 0.25) is 0 Å². The molecule has 0 amide bonds. The number of unbranched alkanes of at least 4 members (excludes halogenated alkanes) is 2. The fraction of sp³-hybridized carbons (Fsp3) is 0.625. The van der Waals surface area contributed by atoms with Gasteiger partial charge in [-0.2, -0.15) is 0 Å². The van der Waals surface area contributed by atoms with Gasteiger partial charge in [-0.25, -0.2) is 0 Å². The first kappa shape index (κ1) is 16.4. The van der Waals surface area contributed by atoms with E-state index in [0.29, 0.717) is 0 Å². The molecule has 3 heteroatoms. The summed E-state index contributed by atoms with van der Waals surface area (Å²) in [5, 5.41) is 0.958. The Morgan fingerprint density at radius 3 is 1.84 bits per heavy atom. The topological polar surface area (TPSA) is 18.5 Å². The molecule has 1 aromatic rings. The first-order valence-corrected chi connectivity index (χ1v) is 8.37. The minimum absolute atomic E-state index is 0.780. The molecule has 1 rings (SSSR count). The van der Waals surface area contributed by atoms with E-state index in [1.165, 1.54) is 5.56 Å². The van der Waals surface area contributed by atoms with Crippen LogP contribution in [0.5, 0.6) is 11.5 Å². The van der Waals surface area contributed by atoms with Crippen LogP contribution >= 0.6 is 15.9 Å². The van der Waals surface area contributed by atoms with Crippen molar-refractivity contribution < 1.29 is 9.47 Å². The molecule has 0 aliphatic rings. The number of rotatable bonds is 10. The van der Waals surface area contributed by atoms with E-state index in [1.54, 1.807) is 0 Å². The van der Waals surface area contributed by atoms with E-state index in [0.717, 1.165) is 62.1 Å². The molecule has 2 nitrogen and oxygen atoms in total. The third kappa shape index (κ3) is 6.86. The highest BCUT2D eigenvalue weighted by atomic mass is 79.9. The number of benzene rings is 1. The molecular formula is C16H25BrO2. The van der Waals surface area contributed by atoms with Gasteiger partial charge in [0.25, 0.3) is 0 Å². The van der Waals surface area contributed by atoms with Gasteiger partial charge >= 0.3 is 0 Å². The molecule has 0 bridgehead atoms. The lowest BCUT2D eigenvalue weighted by Crippen LogP contribution is -2.01. The fourth-order valence-electron chi connectivity index (χ4n) is 1.72. The van der Waals surface area contributed by atoms with E-state index in [4.69, 9.17) is 9.47 Å². The Bertz CT molecular complexity index is 324. The minimum atomic E-state index is 0.780. The van der Waals surface area contributed by atoms with Crippen molar-refractivity contribution in [2.24, 2.45) is 0 Å². The third-order valence-electron chi connectivity index (χ3n) is 2.86. The van der Waals surface area contributed by atoms with Crippen LogP contribution in [0.1, 0.15) is 45.1 Å². The van der Waals surface area contributed by atoms with Crippen molar-refractivity contribution in [1.82, 2.24) is 0 Å². The predicted molar refractivity (Wildman–Crippen MR) is 84.7 cm³/mol. The van der Waals surface area contributed by atoms with Gasteiger partial charge < -0.3 is 9.47 Å². The van der Waals surface area contributed by atoms with Crippen LogP contribution in [0.3, 0.4) is 0 Å². The first-order valence-electron chi connectivity index (χ1n) is 7.25. The average Bonchev–Trinajstić information content (AvgIpc) is 2.40. The molecule has 0 aromatic heterocycles. The van der Waals surface area contributed by atoms with Crippen molar-refractivity contribution in [3.05, 3.63) is 23.8 Å². The SMILES string of the molecule is CCCCOc1cc(CCBr)cc(OCCCC)c1. The number of hydrogen-bond donors (Lipinski definition) is 0. The minimum Gasteiger partial charge on any atom is -0.493 e. The zero-order valence-corrected chi connectivity index (χ0v) is 13.7. The number of hydrogen-bond acceptors (Lipinski definition) is 2. The van der Waals surface area contributed by atoms with E-state index in [-0.39, 0.29) is 0 Å². The van der Waals surface area contributed by atoms with Crippen LogP contribution in [0.25, 0.3) is 0 Å². The maximum Gasteiger partial charge on any atom is 0.123 e. The summed E-state index contributed by atoms with van der Waals surface area (Å²) >= 11 is 3.48. The van der Waals surface area contributed by atoms with Gasteiger partial charge in [0.05, 0.1) is 13.2 Å². The van der Waals surface area contributed by atoms with Crippen LogP contribution in [0.15, 0.2) is 18.2 Å². The lowest BCUT2D eigenvalue weighted by molar-refractivity contribution is 0.293. The molecule has 19 heavy (non-hydrogen) atoms. The number of aryl methyl sites for hydroxylation is 1. The molecule has 1 aromatic carbocycles. The van der Waals surface area contributed by atoms with Crippen molar-refractivity contribution >= 4 is 15.9 Å². The first-order chi connectivity index (χ1) is 9.30. The summed E-state index contributed by atoms with van der Waals surface area (Å²) in [6, 6.07) is 6.23. The van der Waals surface area contributed by atoms with Gasteiger partial charge in [0.2, 0.25) is 0 Å². The highest BCUT2D eigenvalue weighted by molar-refractivity contribution is 9.09. The van der Waals surface area contributed by atoms with Crippen molar-refractivity contribution in [1.29, 1.82) is 0 Å². The van der Waals surface area contributed by atoms with Crippen molar-refractivity contribution in [3.8, 4) is 11.5 Å². The van der Waals surface area contributed by atoms with Gasteiger partial charge in [-0.05, 0) is 37.0 Å². The summed E-state index contributed by atoms with van der Waals surface area (Å²) in [5.41, 5.74) is 1.26. The maximum absolute atomic E-state index is 5.79. The average molecular weight is 329 g/mol. The van der Waals surface area contributed by atoms with Gasteiger partial charge in [0, 0.05) is 11.4 Å². The van der Waals surface area contributed by atoms with Crippen molar-refractivity contribution in [3.63, 3.8) is 0 Å². The molecule has 0 spiro atoms. The Kier molecular flexibility index (Phi) is 8.72. The summed E-state index contributed by atoms with van der Waals surface area (Å²) in [7, 11) is 0. The largest absolute Gasteiger partial charge is 0.493 e. The Labute approximate surface area is 125 Å². The number of alkyl halides is 1. The second-order valence-electron chi connectivity index (χ2n) is 4.66. The predicted octanol–water partition coefficient (Wildman–Crippen LogP) is 4.98. The van der Waals surface area contributed by atoms with Crippen molar-refractivity contribution in [2.45, 2.75) is 46.0 Å². The summed E-state index contributed by atoms with van der Waals surface area (Å²) in [5.74, 6) is 1.86. The van der Waals surface area contributed by atoms with Gasteiger partial charge in [0.1, 0.15) is 11.5 Å². The van der Waals surface area contributed by atoms with Crippen molar-refractivity contribution in [2.75, 3.05) is 18.5 Å². The van der Waals surface area contributed by atoms with Gasteiger partial charge in [-0.1, -0.05) is 42.6 Å². The standard InChI is InChI=1S/C16H25BrO2/c1-3-5-9-18-15-11-14(7-8-17)12-16(13-15)19-10-6-4-2/h11-13H,3-10H2,1-2H3. The second kappa shape index (κ2) is 10.1. The summed E-state index contributed by atoms with van der Waals surface area (Å²) < 4.78 is 11.6.